The molecule has 22 heavy (non-hydrogen) atoms. The zero-order valence-electron chi connectivity index (χ0n) is 12.6. The molecule has 1 aromatic carbocycles. The number of rotatable bonds is 3. The number of methoxy groups -OCH3 is 1. The molecule has 0 radical (unpaired) electrons. The van der Waals surface area contributed by atoms with Crippen molar-refractivity contribution in [2.24, 2.45) is 7.05 Å². The first-order valence-electron chi connectivity index (χ1n) is 6.83. The molecule has 0 aliphatic heterocycles. The van der Waals surface area contributed by atoms with Gasteiger partial charge in [-0.3, -0.25) is 9.48 Å². The number of nitrogens with one attached hydrogen (secondary N) is 1. The molecular weight excluding hydrogens is 280 g/mol. The molecule has 3 aromatic rings. The van der Waals surface area contributed by atoms with Gasteiger partial charge < -0.3 is 9.72 Å². The molecule has 0 bridgehead atoms. The van der Waals surface area contributed by atoms with Crippen molar-refractivity contribution in [3.05, 3.63) is 51.7 Å². The third-order valence-electron chi connectivity index (χ3n) is 3.47. The van der Waals surface area contributed by atoms with Gasteiger partial charge in [0.05, 0.1) is 13.3 Å². The zero-order chi connectivity index (χ0) is 15.7. The van der Waals surface area contributed by atoms with Crippen molar-refractivity contribution in [3.8, 4) is 5.75 Å². The Morgan fingerprint density at radius 2 is 2.14 bits per heavy atom. The quantitative estimate of drug-likeness (QED) is 0.803. The van der Waals surface area contributed by atoms with Crippen LogP contribution in [0.2, 0.25) is 0 Å². The highest BCUT2D eigenvalue weighted by molar-refractivity contribution is 5.75. The molecule has 3 rings (SSSR count). The second-order valence-electron chi connectivity index (χ2n) is 5.02. The maximum atomic E-state index is 12.0. The average molecular weight is 296 g/mol. The van der Waals surface area contributed by atoms with Gasteiger partial charge in [0.25, 0.3) is 5.56 Å². The van der Waals surface area contributed by atoms with E-state index in [4.69, 9.17) is 4.74 Å². The maximum Gasteiger partial charge on any atom is 0.262 e. The van der Waals surface area contributed by atoms with Crippen LogP contribution in [0.3, 0.4) is 0 Å². The monoisotopic (exact) mass is 296 g/mol. The number of aromatic amines is 1. The molecule has 0 saturated heterocycles. The number of H-pyrrole nitrogens is 1. The molecule has 0 atom stereocenters. The standard InChI is InChI=1S/C16H16N4O2/c1-10-8-11(4-6-13(10)22-3)5-7-14-18-15-12(16(21)19-14)9-17-20(15)2/h4-9H,1-3H3,(H,18,19,21). The van der Waals surface area contributed by atoms with Crippen molar-refractivity contribution in [1.29, 1.82) is 0 Å². The number of nitrogens with zero attached hydrogens (tertiary/aromatic N) is 3. The van der Waals surface area contributed by atoms with Crippen molar-refractivity contribution < 1.29 is 4.74 Å². The van der Waals surface area contributed by atoms with Gasteiger partial charge >= 0.3 is 0 Å². The van der Waals surface area contributed by atoms with Gasteiger partial charge in [-0.25, -0.2) is 4.98 Å². The summed E-state index contributed by atoms with van der Waals surface area (Å²) in [6.07, 6.45) is 5.18. The van der Waals surface area contributed by atoms with Gasteiger partial charge in [-0.2, -0.15) is 5.10 Å². The molecule has 0 saturated carbocycles. The third-order valence-corrected chi connectivity index (χ3v) is 3.47. The van der Waals surface area contributed by atoms with Crippen LogP contribution in [0, 0.1) is 6.92 Å². The Balaban J connectivity index is 1.97. The molecule has 0 aliphatic carbocycles. The fourth-order valence-corrected chi connectivity index (χ4v) is 2.31. The third kappa shape index (κ3) is 2.50. The molecule has 2 heterocycles. The Morgan fingerprint density at radius 1 is 1.32 bits per heavy atom. The van der Waals surface area contributed by atoms with Crippen molar-refractivity contribution in [2.45, 2.75) is 6.92 Å². The fourth-order valence-electron chi connectivity index (χ4n) is 2.31. The minimum absolute atomic E-state index is 0.191. The second-order valence-corrected chi connectivity index (χ2v) is 5.02. The first kappa shape index (κ1) is 14.1. The highest BCUT2D eigenvalue weighted by atomic mass is 16.5. The van der Waals surface area contributed by atoms with E-state index in [1.54, 1.807) is 24.9 Å². The lowest BCUT2D eigenvalue weighted by molar-refractivity contribution is 0.411. The number of aryl methyl sites for hydroxylation is 2. The summed E-state index contributed by atoms with van der Waals surface area (Å²) in [5.41, 5.74) is 2.43. The first-order chi connectivity index (χ1) is 10.6. The van der Waals surface area contributed by atoms with E-state index in [-0.39, 0.29) is 5.56 Å². The Kier molecular flexibility index (Phi) is 3.50. The van der Waals surface area contributed by atoms with E-state index in [0.29, 0.717) is 16.9 Å². The van der Waals surface area contributed by atoms with Gasteiger partial charge in [-0.1, -0.05) is 12.1 Å². The van der Waals surface area contributed by atoms with E-state index in [9.17, 15) is 4.79 Å². The Bertz CT molecular complexity index is 922. The minimum atomic E-state index is -0.191. The predicted octanol–water partition coefficient (Wildman–Crippen LogP) is 2.14. The normalized spacial score (nSPS) is 11.4. The van der Waals surface area contributed by atoms with Crippen LogP contribution in [-0.4, -0.2) is 26.9 Å². The number of aromatic nitrogens is 4. The lowest BCUT2D eigenvalue weighted by atomic mass is 10.1. The number of hydrogen-bond acceptors (Lipinski definition) is 4. The molecule has 0 fully saturated rings. The van der Waals surface area contributed by atoms with E-state index in [0.717, 1.165) is 16.9 Å². The predicted molar refractivity (Wildman–Crippen MR) is 85.8 cm³/mol. The number of hydrogen-bond donors (Lipinski definition) is 1. The zero-order valence-corrected chi connectivity index (χ0v) is 12.6. The van der Waals surface area contributed by atoms with E-state index in [1.165, 1.54) is 6.20 Å². The Labute approximate surface area is 127 Å². The molecule has 6 heteroatoms. The van der Waals surface area contributed by atoms with E-state index >= 15 is 0 Å². The summed E-state index contributed by atoms with van der Waals surface area (Å²) in [6.45, 7) is 1.98. The lowest BCUT2D eigenvalue weighted by Crippen LogP contribution is -2.09. The highest BCUT2D eigenvalue weighted by Crippen LogP contribution is 2.19. The van der Waals surface area contributed by atoms with Crippen LogP contribution in [0.5, 0.6) is 5.75 Å². The molecule has 112 valence electrons. The fraction of sp³-hybridized carbons (Fsp3) is 0.188. The van der Waals surface area contributed by atoms with Crippen LogP contribution in [0.1, 0.15) is 17.0 Å². The van der Waals surface area contributed by atoms with Gasteiger partial charge in [0.15, 0.2) is 5.65 Å². The minimum Gasteiger partial charge on any atom is -0.496 e. The first-order valence-corrected chi connectivity index (χ1v) is 6.83. The maximum absolute atomic E-state index is 12.0. The van der Waals surface area contributed by atoms with E-state index in [2.05, 4.69) is 15.1 Å². The highest BCUT2D eigenvalue weighted by Gasteiger charge is 2.06. The second kappa shape index (κ2) is 5.48. The molecule has 1 N–H and O–H groups in total. The summed E-state index contributed by atoms with van der Waals surface area (Å²) in [4.78, 5) is 19.1. The van der Waals surface area contributed by atoms with Crippen molar-refractivity contribution in [2.75, 3.05) is 7.11 Å². The SMILES string of the molecule is COc1ccc(C=Cc2nc3c(cnn3C)c(=O)[nH]2)cc1C. The van der Waals surface area contributed by atoms with Crippen molar-refractivity contribution in [3.63, 3.8) is 0 Å². The molecule has 0 spiro atoms. The van der Waals surface area contributed by atoms with Crippen LogP contribution >= 0.6 is 0 Å². The molecule has 2 aromatic heterocycles. The van der Waals surface area contributed by atoms with Gasteiger partial charge in [-0.05, 0) is 36.3 Å². The summed E-state index contributed by atoms with van der Waals surface area (Å²) in [5, 5.41) is 4.53. The Morgan fingerprint density at radius 3 is 2.86 bits per heavy atom. The van der Waals surface area contributed by atoms with Crippen LogP contribution in [0.4, 0.5) is 0 Å². The van der Waals surface area contributed by atoms with E-state index < -0.39 is 0 Å². The molecule has 0 aliphatic rings. The molecule has 6 nitrogen and oxygen atoms in total. The summed E-state index contributed by atoms with van der Waals surface area (Å²) >= 11 is 0. The van der Waals surface area contributed by atoms with Crippen LogP contribution in [0.25, 0.3) is 23.2 Å². The average Bonchev–Trinajstić information content (AvgIpc) is 2.87. The number of benzene rings is 1. The van der Waals surface area contributed by atoms with Gasteiger partial charge in [0, 0.05) is 7.05 Å². The van der Waals surface area contributed by atoms with E-state index in [1.807, 2.05) is 31.2 Å². The van der Waals surface area contributed by atoms with Crippen LogP contribution in [-0.2, 0) is 7.05 Å². The number of ether oxygens (including phenoxy) is 1. The summed E-state index contributed by atoms with van der Waals surface area (Å²) in [7, 11) is 3.41. The van der Waals surface area contributed by atoms with Gasteiger partial charge in [-0.15, -0.1) is 0 Å². The number of fused-ring (bicyclic) bond motifs is 1. The largest absolute Gasteiger partial charge is 0.496 e. The summed E-state index contributed by atoms with van der Waals surface area (Å²) in [5.74, 6) is 1.34. The van der Waals surface area contributed by atoms with Gasteiger partial charge in [0.1, 0.15) is 17.0 Å². The van der Waals surface area contributed by atoms with Crippen LogP contribution in [0.15, 0.2) is 29.2 Å². The smallest absolute Gasteiger partial charge is 0.262 e. The molecular formula is C16H16N4O2. The van der Waals surface area contributed by atoms with Crippen LogP contribution < -0.4 is 10.3 Å². The lowest BCUT2D eigenvalue weighted by Gasteiger charge is -2.04. The summed E-state index contributed by atoms with van der Waals surface area (Å²) < 4.78 is 6.82. The van der Waals surface area contributed by atoms with Crippen molar-refractivity contribution >= 4 is 23.2 Å². The topological polar surface area (TPSA) is 72.8 Å². The molecule has 0 unspecified atom stereocenters. The van der Waals surface area contributed by atoms with Crippen molar-refractivity contribution in [1.82, 2.24) is 19.7 Å². The molecule has 0 amide bonds. The summed E-state index contributed by atoms with van der Waals surface area (Å²) in [6, 6.07) is 5.87. The van der Waals surface area contributed by atoms with Gasteiger partial charge in [0.2, 0.25) is 0 Å². The Hall–Kier alpha value is -2.89.